The Morgan fingerprint density at radius 2 is 1.79 bits per heavy atom. The molecule has 0 bridgehead atoms. The number of rotatable bonds is 1. The Bertz CT molecular complexity index is 953. The number of hydrogen-bond acceptors (Lipinski definition) is 3. The van der Waals surface area contributed by atoms with Gasteiger partial charge in [0.05, 0.1) is 11.7 Å². The lowest BCUT2D eigenvalue weighted by atomic mass is 9.86. The number of fused-ring (bicyclic) bond motifs is 3. The Kier molecular flexibility index (Phi) is 3.31. The fraction of sp³-hybridized carbons (Fsp3) is 0.250. The van der Waals surface area contributed by atoms with E-state index in [2.05, 4.69) is 9.97 Å². The van der Waals surface area contributed by atoms with Crippen LogP contribution in [0.15, 0.2) is 24.4 Å². The fourth-order valence-electron chi connectivity index (χ4n) is 3.26. The zero-order valence-corrected chi connectivity index (χ0v) is 12.3. The van der Waals surface area contributed by atoms with Gasteiger partial charge in [-0.2, -0.15) is 4.39 Å². The van der Waals surface area contributed by atoms with Gasteiger partial charge in [0, 0.05) is 37.1 Å². The highest BCUT2D eigenvalue weighted by molar-refractivity contribution is 5.75. The van der Waals surface area contributed by atoms with Crippen LogP contribution >= 0.6 is 0 Å². The highest BCUT2D eigenvalue weighted by Crippen LogP contribution is 2.33. The first-order valence-electron chi connectivity index (χ1n) is 7.34. The van der Waals surface area contributed by atoms with Crippen molar-refractivity contribution >= 4 is 11.0 Å². The summed E-state index contributed by atoms with van der Waals surface area (Å²) < 4.78 is 55.8. The van der Waals surface area contributed by atoms with Crippen molar-refractivity contribution in [1.82, 2.24) is 14.5 Å². The number of nitrogens with two attached hydrogens (primary N) is 1. The van der Waals surface area contributed by atoms with Gasteiger partial charge in [-0.1, -0.05) is 0 Å². The molecule has 0 amide bonds. The minimum absolute atomic E-state index is 0.0176. The average Bonchev–Trinajstić information content (AvgIpc) is 2.87. The van der Waals surface area contributed by atoms with Gasteiger partial charge in [0.15, 0.2) is 11.6 Å². The molecule has 4 nitrogen and oxygen atoms in total. The van der Waals surface area contributed by atoms with E-state index in [0.717, 1.165) is 6.07 Å². The van der Waals surface area contributed by atoms with Crippen molar-refractivity contribution < 1.29 is 17.6 Å². The molecular formula is C16H12F4N4. The first kappa shape index (κ1) is 15.1. The summed E-state index contributed by atoms with van der Waals surface area (Å²) in [5, 5.41) is 0. The third-order valence-corrected chi connectivity index (χ3v) is 4.43. The van der Waals surface area contributed by atoms with Gasteiger partial charge in [0.2, 0.25) is 5.95 Å². The van der Waals surface area contributed by atoms with Crippen LogP contribution in [0.5, 0.6) is 0 Å². The second-order valence-corrected chi connectivity index (χ2v) is 5.90. The summed E-state index contributed by atoms with van der Waals surface area (Å²) in [6.45, 7) is 0.262. The second kappa shape index (κ2) is 5.27. The van der Waals surface area contributed by atoms with E-state index >= 15 is 0 Å². The molecule has 0 fully saturated rings. The second-order valence-electron chi connectivity index (χ2n) is 5.90. The molecule has 0 unspecified atom stereocenters. The SMILES string of the molecule is N[C@@H]1Cn2c(nc3cnc(F)cc32)C[C@H]1c1cc(F)c(F)cc1F. The Labute approximate surface area is 133 Å². The van der Waals surface area contributed by atoms with Crippen molar-refractivity contribution in [1.29, 1.82) is 0 Å². The molecule has 1 aliphatic heterocycles. The first-order chi connectivity index (χ1) is 11.4. The van der Waals surface area contributed by atoms with Gasteiger partial charge in [-0.05, 0) is 11.6 Å². The smallest absolute Gasteiger partial charge is 0.215 e. The topological polar surface area (TPSA) is 56.7 Å². The number of halogens is 4. The molecule has 0 spiro atoms. The minimum atomic E-state index is -1.24. The van der Waals surface area contributed by atoms with E-state index in [9.17, 15) is 17.6 Å². The van der Waals surface area contributed by atoms with E-state index < -0.39 is 35.4 Å². The molecule has 2 N–H and O–H groups in total. The standard InChI is InChI=1S/C16H12F4N4/c17-9-3-11(19)10(18)1-7(9)8-2-16-23-13-5-22-15(20)4-14(13)24(16)6-12(8)21/h1,3-5,8,12H,2,6,21H2/t8-,12+/m0/s1. The van der Waals surface area contributed by atoms with Crippen molar-refractivity contribution in [3.63, 3.8) is 0 Å². The predicted molar refractivity (Wildman–Crippen MR) is 78.2 cm³/mol. The van der Waals surface area contributed by atoms with Crippen molar-refractivity contribution in [2.75, 3.05) is 0 Å². The Morgan fingerprint density at radius 1 is 1.04 bits per heavy atom. The molecule has 2 atom stereocenters. The number of benzene rings is 1. The summed E-state index contributed by atoms with van der Waals surface area (Å²) in [6, 6.07) is 2.07. The average molecular weight is 336 g/mol. The van der Waals surface area contributed by atoms with Crippen LogP contribution in [0.2, 0.25) is 0 Å². The van der Waals surface area contributed by atoms with Crippen molar-refractivity contribution in [2.45, 2.75) is 24.9 Å². The number of pyridine rings is 1. The molecule has 0 saturated carbocycles. The van der Waals surface area contributed by atoms with Crippen LogP contribution in [0.3, 0.4) is 0 Å². The van der Waals surface area contributed by atoms with Crippen molar-refractivity contribution in [2.24, 2.45) is 5.73 Å². The van der Waals surface area contributed by atoms with Crippen molar-refractivity contribution in [3.8, 4) is 0 Å². The molecule has 2 aromatic heterocycles. The largest absolute Gasteiger partial charge is 0.326 e. The summed E-state index contributed by atoms with van der Waals surface area (Å²) in [6.07, 6.45) is 1.55. The maximum absolute atomic E-state index is 14.1. The third-order valence-electron chi connectivity index (χ3n) is 4.43. The summed E-state index contributed by atoms with van der Waals surface area (Å²) in [5.41, 5.74) is 7.21. The molecule has 0 radical (unpaired) electrons. The lowest BCUT2D eigenvalue weighted by Gasteiger charge is -2.30. The van der Waals surface area contributed by atoms with Crippen LogP contribution in [0.1, 0.15) is 17.3 Å². The molecule has 8 heteroatoms. The molecule has 0 saturated heterocycles. The normalized spacial score (nSPS) is 20.4. The maximum Gasteiger partial charge on any atom is 0.215 e. The predicted octanol–water partition coefficient (Wildman–Crippen LogP) is 2.65. The van der Waals surface area contributed by atoms with Crippen LogP contribution in [0.25, 0.3) is 11.0 Å². The van der Waals surface area contributed by atoms with Gasteiger partial charge in [-0.25, -0.2) is 23.1 Å². The summed E-state index contributed by atoms with van der Waals surface area (Å²) >= 11 is 0. The Morgan fingerprint density at radius 3 is 2.58 bits per heavy atom. The monoisotopic (exact) mass is 336 g/mol. The summed E-state index contributed by atoms with van der Waals surface area (Å²) in [7, 11) is 0. The van der Waals surface area contributed by atoms with Crippen LogP contribution in [0.4, 0.5) is 17.6 Å². The van der Waals surface area contributed by atoms with E-state index in [-0.39, 0.29) is 18.5 Å². The lowest BCUT2D eigenvalue weighted by Crippen LogP contribution is -2.39. The molecule has 124 valence electrons. The third kappa shape index (κ3) is 2.25. The van der Waals surface area contributed by atoms with Crippen LogP contribution in [0, 0.1) is 23.4 Å². The highest BCUT2D eigenvalue weighted by Gasteiger charge is 2.32. The van der Waals surface area contributed by atoms with Crippen molar-refractivity contribution in [3.05, 3.63) is 59.2 Å². The molecular weight excluding hydrogens is 324 g/mol. The molecule has 24 heavy (non-hydrogen) atoms. The Hall–Kier alpha value is -2.48. The fourth-order valence-corrected chi connectivity index (χ4v) is 3.26. The summed E-state index contributed by atoms with van der Waals surface area (Å²) in [4.78, 5) is 7.92. The number of imidazole rings is 1. The highest BCUT2D eigenvalue weighted by atomic mass is 19.2. The van der Waals surface area contributed by atoms with E-state index in [4.69, 9.17) is 5.73 Å². The lowest BCUT2D eigenvalue weighted by molar-refractivity contribution is 0.391. The van der Waals surface area contributed by atoms with Gasteiger partial charge >= 0.3 is 0 Å². The van der Waals surface area contributed by atoms with Gasteiger partial charge in [0.25, 0.3) is 0 Å². The van der Waals surface area contributed by atoms with Crippen LogP contribution in [-0.2, 0) is 13.0 Å². The van der Waals surface area contributed by atoms with Gasteiger partial charge < -0.3 is 10.3 Å². The number of nitrogens with zero attached hydrogens (tertiary/aromatic N) is 3. The maximum atomic E-state index is 14.1. The molecule has 4 rings (SSSR count). The molecule has 1 aromatic carbocycles. The quantitative estimate of drug-likeness (QED) is 0.422. The van der Waals surface area contributed by atoms with E-state index in [1.807, 2.05) is 0 Å². The van der Waals surface area contributed by atoms with Crippen LogP contribution in [-0.4, -0.2) is 20.6 Å². The number of aromatic nitrogens is 3. The number of hydrogen-bond donors (Lipinski definition) is 1. The first-order valence-corrected chi connectivity index (χ1v) is 7.34. The van der Waals surface area contributed by atoms with Gasteiger partial charge in [-0.15, -0.1) is 0 Å². The van der Waals surface area contributed by atoms with E-state index in [1.165, 1.54) is 12.3 Å². The zero-order valence-electron chi connectivity index (χ0n) is 12.3. The summed E-state index contributed by atoms with van der Waals surface area (Å²) in [5.74, 6) is -3.81. The molecule has 3 heterocycles. The van der Waals surface area contributed by atoms with E-state index in [1.54, 1.807) is 4.57 Å². The molecule has 0 aliphatic carbocycles. The van der Waals surface area contributed by atoms with E-state index in [0.29, 0.717) is 22.9 Å². The Balaban J connectivity index is 1.80. The van der Waals surface area contributed by atoms with Crippen LogP contribution < -0.4 is 5.73 Å². The minimum Gasteiger partial charge on any atom is -0.326 e. The molecule has 3 aromatic rings. The van der Waals surface area contributed by atoms with Gasteiger partial charge in [-0.3, -0.25) is 0 Å². The van der Waals surface area contributed by atoms with Gasteiger partial charge in [0.1, 0.15) is 17.2 Å². The molecule has 1 aliphatic rings. The zero-order chi connectivity index (χ0) is 17.0.